The number of hydrogen-bond acceptors (Lipinski definition) is 6. The van der Waals surface area contributed by atoms with Crippen molar-refractivity contribution in [2.75, 3.05) is 13.7 Å². The summed E-state index contributed by atoms with van der Waals surface area (Å²) in [6.45, 7) is 5.44. The molecule has 1 fully saturated rings. The quantitative estimate of drug-likeness (QED) is 0.168. The van der Waals surface area contributed by atoms with Crippen molar-refractivity contribution < 1.29 is 19.1 Å². The Labute approximate surface area is 227 Å². The average Bonchev–Trinajstić information content (AvgIpc) is 3.63. The van der Waals surface area contributed by atoms with E-state index in [4.69, 9.17) is 4.74 Å². The number of rotatable bonds is 12. The largest absolute Gasteiger partial charge is 0.465 e. The van der Waals surface area contributed by atoms with E-state index < -0.39 is 0 Å². The van der Waals surface area contributed by atoms with Gasteiger partial charge in [-0.15, -0.1) is 0 Å². The number of carbonyl (C=O) groups excluding carboxylic acids is 3. The van der Waals surface area contributed by atoms with E-state index in [-0.39, 0.29) is 17.9 Å². The topological polar surface area (TPSA) is 84.7 Å². The number of aromatic nitrogens is 2. The van der Waals surface area contributed by atoms with Gasteiger partial charge in [-0.25, -0.2) is 14.6 Å². The van der Waals surface area contributed by atoms with Crippen LogP contribution in [0.5, 0.6) is 0 Å². The number of benzene rings is 1. The van der Waals surface area contributed by atoms with E-state index in [0.717, 1.165) is 54.7 Å². The Hall–Kier alpha value is -3.72. The third kappa shape index (κ3) is 6.05. The molecule has 3 heterocycles. The molecule has 0 atom stereocenters. The molecule has 1 aliphatic heterocycles. The minimum absolute atomic E-state index is 0.274. The van der Waals surface area contributed by atoms with Gasteiger partial charge in [-0.2, -0.15) is 11.3 Å². The zero-order valence-electron chi connectivity index (χ0n) is 22.2. The van der Waals surface area contributed by atoms with E-state index in [0.29, 0.717) is 30.9 Å². The molecule has 0 radical (unpaired) electrons. The van der Waals surface area contributed by atoms with Crippen molar-refractivity contribution in [2.24, 2.45) is 0 Å². The number of amides is 3. The maximum atomic E-state index is 13.5. The fraction of sp³-hybridized carbons (Fsp3) is 0.379. The Kier molecular flexibility index (Phi) is 9.12. The molecule has 0 N–H and O–H groups in total. The molecule has 0 aliphatic carbocycles. The fourth-order valence-corrected chi connectivity index (χ4v) is 5.07. The molecule has 8 nitrogen and oxygen atoms in total. The van der Waals surface area contributed by atoms with Crippen LogP contribution in [-0.2, 0) is 29.0 Å². The molecular formula is C29H34N4O4S. The molecule has 0 saturated carbocycles. The Morgan fingerprint density at radius 2 is 1.76 bits per heavy atom. The summed E-state index contributed by atoms with van der Waals surface area (Å²) < 4.78 is 6.90. The van der Waals surface area contributed by atoms with E-state index in [1.54, 1.807) is 40.6 Å². The summed E-state index contributed by atoms with van der Waals surface area (Å²) in [5.41, 5.74) is 3.59. The third-order valence-corrected chi connectivity index (χ3v) is 7.33. The van der Waals surface area contributed by atoms with Crippen molar-refractivity contribution in [3.8, 4) is 0 Å². The van der Waals surface area contributed by atoms with Crippen LogP contribution in [0.4, 0.5) is 4.79 Å². The molecule has 0 bridgehead atoms. The Morgan fingerprint density at radius 1 is 1.00 bits per heavy atom. The van der Waals surface area contributed by atoms with Gasteiger partial charge >= 0.3 is 12.0 Å². The molecule has 0 unspecified atom stereocenters. The van der Waals surface area contributed by atoms with Gasteiger partial charge in [0.2, 0.25) is 0 Å². The number of urea groups is 1. The van der Waals surface area contributed by atoms with E-state index in [1.165, 1.54) is 12.0 Å². The number of ether oxygens (including phenoxy) is 1. The van der Waals surface area contributed by atoms with Crippen LogP contribution in [0.15, 0.2) is 53.0 Å². The van der Waals surface area contributed by atoms with E-state index in [9.17, 15) is 14.4 Å². The summed E-state index contributed by atoms with van der Waals surface area (Å²) in [4.78, 5) is 46.2. The second-order valence-electron chi connectivity index (χ2n) is 9.32. The monoisotopic (exact) mass is 534 g/mol. The maximum Gasteiger partial charge on any atom is 0.337 e. The highest BCUT2D eigenvalue weighted by atomic mass is 32.1. The molecule has 3 aromatic rings. The third-order valence-electron chi connectivity index (χ3n) is 6.60. The number of methoxy groups -OCH3 is 1. The summed E-state index contributed by atoms with van der Waals surface area (Å²) in [7, 11) is 1.36. The number of carbonyl (C=O) groups is 3. The van der Waals surface area contributed by atoms with Gasteiger partial charge in [0.1, 0.15) is 11.5 Å². The maximum absolute atomic E-state index is 13.5. The smallest absolute Gasteiger partial charge is 0.337 e. The van der Waals surface area contributed by atoms with Gasteiger partial charge in [0, 0.05) is 19.5 Å². The minimum Gasteiger partial charge on any atom is -0.465 e. The van der Waals surface area contributed by atoms with E-state index in [2.05, 4.69) is 16.5 Å². The van der Waals surface area contributed by atoms with Gasteiger partial charge < -0.3 is 9.30 Å². The number of esters is 1. The Bertz CT molecular complexity index is 1290. The fourth-order valence-electron chi connectivity index (χ4n) is 4.41. The number of imide groups is 1. The molecule has 1 aliphatic rings. The van der Waals surface area contributed by atoms with Crippen molar-refractivity contribution in [3.63, 3.8) is 0 Å². The molecule has 1 aromatic carbocycles. The van der Waals surface area contributed by atoms with Gasteiger partial charge in [0.15, 0.2) is 0 Å². The van der Waals surface area contributed by atoms with Crippen LogP contribution in [0.3, 0.4) is 0 Å². The van der Waals surface area contributed by atoms with Gasteiger partial charge in [-0.05, 0) is 59.0 Å². The predicted molar refractivity (Wildman–Crippen MR) is 148 cm³/mol. The molecule has 2 aromatic heterocycles. The normalized spacial score (nSPS) is 14.7. The van der Waals surface area contributed by atoms with Crippen molar-refractivity contribution in [3.05, 3.63) is 81.2 Å². The van der Waals surface area contributed by atoms with Gasteiger partial charge in [-0.3, -0.25) is 14.6 Å². The van der Waals surface area contributed by atoms with Crippen LogP contribution in [0.25, 0.3) is 6.08 Å². The summed E-state index contributed by atoms with van der Waals surface area (Å²) in [6.07, 6.45) is 8.04. The number of unbranched alkanes of at least 4 members (excludes halogenated alkanes) is 2. The predicted octanol–water partition coefficient (Wildman–Crippen LogP) is 5.73. The van der Waals surface area contributed by atoms with Crippen molar-refractivity contribution in [1.29, 1.82) is 0 Å². The summed E-state index contributed by atoms with van der Waals surface area (Å²) in [6, 6.07) is 8.97. The van der Waals surface area contributed by atoms with Gasteiger partial charge in [0.05, 0.1) is 31.1 Å². The number of nitrogens with zero attached hydrogens (tertiary/aromatic N) is 4. The van der Waals surface area contributed by atoms with Crippen LogP contribution in [0.2, 0.25) is 0 Å². The van der Waals surface area contributed by atoms with Crippen LogP contribution in [0, 0.1) is 0 Å². The first-order valence-electron chi connectivity index (χ1n) is 13.0. The summed E-state index contributed by atoms with van der Waals surface area (Å²) >= 11 is 1.56. The van der Waals surface area contributed by atoms with Crippen molar-refractivity contribution >= 4 is 35.3 Å². The molecule has 0 spiro atoms. The second kappa shape index (κ2) is 12.7. The molecule has 4 rings (SSSR count). The van der Waals surface area contributed by atoms with Crippen LogP contribution >= 0.6 is 11.3 Å². The van der Waals surface area contributed by atoms with Crippen LogP contribution in [-0.4, -0.2) is 50.9 Å². The zero-order chi connectivity index (χ0) is 27.1. The van der Waals surface area contributed by atoms with Gasteiger partial charge in [0.25, 0.3) is 5.91 Å². The second-order valence-corrected chi connectivity index (χ2v) is 10.1. The Balaban J connectivity index is 1.70. The lowest BCUT2D eigenvalue weighted by Crippen LogP contribution is -2.33. The van der Waals surface area contributed by atoms with E-state index >= 15 is 0 Å². The lowest BCUT2D eigenvalue weighted by molar-refractivity contribution is -0.123. The Morgan fingerprint density at radius 3 is 2.42 bits per heavy atom. The molecule has 3 amide bonds. The number of hydrogen-bond donors (Lipinski definition) is 0. The first kappa shape index (κ1) is 27.3. The van der Waals surface area contributed by atoms with Crippen LogP contribution < -0.4 is 0 Å². The molecule has 1 saturated heterocycles. The van der Waals surface area contributed by atoms with Gasteiger partial charge in [-0.1, -0.05) is 38.8 Å². The van der Waals surface area contributed by atoms with Crippen molar-refractivity contribution in [1.82, 2.24) is 19.4 Å². The SMILES string of the molecule is CCCCc1ncc(C=C2C(=O)N(CCCC)C(=O)N2Cc2ccsc2)n1Cc1ccc(C(=O)OC)cc1. The standard InChI is InChI=1S/C29H34N4O4S/c1-4-6-8-26-30-17-24(32(26)18-21-9-11-23(12-10-21)28(35)37-3)16-25-27(34)31(14-7-5-2)29(36)33(25)19-22-13-15-38-20-22/h9-13,15-17,20H,4-8,14,18-19H2,1-3H3. The summed E-state index contributed by atoms with van der Waals surface area (Å²) in [5, 5.41) is 3.96. The summed E-state index contributed by atoms with van der Waals surface area (Å²) in [5.74, 6) is 0.264. The molecule has 9 heteroatoms. The molecule has 38 heavy (non-hydrogen) atoms. The molecule has 200 valence electrons. The zero-order valence-corrected chi connectivity index (χ0v) is 23.0. The minimum atomic E-state index is -0.379. The highest BCUT2D eigenvalue weighted by molar-refractivity contribution is 7.07. The average molecular weight is 535 g/mol. The number of thiophene rings is 1. The first-order valence-corrected chi connectivity index (χ1v) is 14.0. The van der Waals surface area contributed by atoms with Crippen LogP contribution in [0.1, 0.15) is 72.5 Å². The first-order chi connectivity index (χ1) is 18.5. The lowest BCUT2D eigenvalue weighted by atomic mass is 10.1. The highest BCUT2D eigenvalue weighted by Crippen LogP contribution is 2.27. The highest BCUT2D eigenvalue weighted by Gasteiger charge is 2.40. The number of aryl methyl sites for hydroxylation is 1. The van der Waals surface area contributed by atoms with E-state index in [1.807, 2.05) is 35.9 Å². The van der Waals surface area contributed by atoms with Crippen molar-refractivity contribution in [2.45, 2.75) is 59.0 Å². The lowest BCUT2D eigenvalue weighted by Gasteiger charge is -2.17. The molecular weight excluding hydrogens is 500 g/mol. The number of imidazole rings is 1.